The van der Waals surface area contributed by atoms with E-state index < -0.39 is 17.4 Å². The van der Waals surface area contributed by atoms with Crippen molar-refractivity contribution in [2.75, 3.05) is 18.5 Å². The number of anilines is 1. The Morgan fingerprint density at radius 2 is 1.79 bits per heavy atom. The van der Waals surface area contributed by atoms with Gasteiger partial charge in [-0.2, -0.15) is 0 Å². The van der Waals surface area contributed by atoms with Crippen molar-refractivity contribution >= 4 is 63.3 Å². The molecule has 7 nitrogen and oxygen atoms in total. The van der Waals surface area contributed by atoms with Crippen molar-refractivity contribution in [3.05, 3.63) is 104 Å². The molecule has 0 radical (unpaired) electrons. The van der Waals surface area contributed by atoms with Gasteiger partial charge in [0.1, 0.15) is 29.3 Å². The van der Waals surface area contributed by atoms with Gasteiger partial charge in [-0.3, -0.25) is 9.59 Å². The Labute approximate surface area is 267 Å². The maximum atomic E-state index is 14.4. The van der Waals surface area contributed by atoms with E-state index in [9.17, 15) is 9.59 Å². The molecule has 10 heteroatoms. The predicted octanol–water partition coefficient (Wildman–Crippen LogP) is 6.87. The lowest BCUT2D eigenvalue weighted by Crippen LogP contribution is -2.59. The minimum absolute atomic E-state index is 0.0812. The summed E-state index contributed by atoms with van der Waals surface area (Å²) in [7, 11) is 0. The minimum Gasteiger partial charge on any atom is -0.491 e. The number of hydrogen-bond acceptors (Lipinski definition) is 5. The van der Waals surface area contributed by atoms with E-state index in [4.69, 9.17) is 37.8 Å². The maximum Gasteiger partial charge on any atom is 0.237 e. The van der Waals surface area contributed by atoms with Gasteiger partial charge in [0.15, 0.2) is 0 Å². The van der Waals surface area contributed by atoms with Crippen LogP contribution in [0.25, 0.3) is 0 Å². The van der Waals surface area contributed by atoms with Crippen LogP contribution in [0.2, 0.25) is 5.02 Å². The van der Waals surface area contributed by atoms with Crippen molar-refractivity contribution in [2.24, 2.45) is 11.8 Å². The van der Waals surface area contributed by atoms with Crippen LogP contribution in [0.15, 0.2) is 83.9 Å². The number of halogens is 3. The molecule has 4 atom stereocenters. The Balaban J connectivity index is 1.49. The number of fused-ring (bicyclic) bond motifs is 2. The second-order valence-corrected chi connectivity index (χ2v) is 12.7. The molecule has 42 heavy (non-hydrogen) atoms. The third kappa shape index (κ3) is 5.30. The van der Waals surface area contributed by atoms with Gasteiger partial charge in [0.2, 0.25) is 11.8 Å². The van der Waals surface area contributed by atoms with Crippen molar-refractivity contribution in [1.82, 2.24) is 5.32 Å². The Morgan fingerprint density at radius 1 is 1.00 bits per heavy atom. The lowest BCUT2D eigenvalue weighted by Gasteiger charge is -2.49. The van der Waals surface area contributed by atoms with E-state index in [0.29, 0.717) is 45.0 Å². The summed E-state index contributed by atoms with van der Waals surface area (Å²) in [5, 5.41) is 16.5. The van der Waals surface area contributed by atoms with Crippen LogP contribution in [0.1, 0.15) is 30.0 Å². The number of piperidine rings is 1. The Kier molecular flexibility index (Phi) is 8.24. The van der Waals surface area contributed by atoms with Crippen LogP contribution in [-0.4, -0.2) is 30.1 Å². The predicted molar refractivity (Wildman–Crippen MR) is 170 cm³/mol. The third-order valence-corrected chi connectivity index (χ3v) is 9.27. The zero-order chi connectivity index (χ0) is 29.4. The van der Waals surface area contributed by atoms with Gasteiger partial charge in [-0.15, -0.1) is 0 Å². The number of rotatable bonds is 7. The van der Waals surface area contributed by atoms with Gasteiger partial charge in [-0.05, 0) is 107 Å². The number of allylic oxidation sites excluding steroid dienone is 4. The van der Waals surface area contributed by atoms with Crippen molar-refractivity contribution in [3.8, 4) is 17.2 Å². The smallest absolute Gasteiger partial charge is 0.237 e. The van der Waals surface area contributed by atoms with Crippen LogP contribution in [0.5, 0.6) is 17.2 Å². The van der Waals surface area contributed by atoms with Gasteiger partial charge in [-0.25, -0.2) is 0 Å². The highest BCUT2D eigenvalue weighted by Crippen LogP contribution is 2.58. The van der Waals surface area contributed by atoms with Crippen LogP contribution < -0.4 is 20.1 Å². The summed E-state index contributed by atoms with van der Waals surface area (Å²) in [5.74, 6) is 0.762. The topological polar surface area (TPSA) is 96.9 Å². The number of aliphatic hydroxyl groups excluding tert-OH is 1. The summed E-state index contributed by atoms with van der Waals surface area (Å²) in [4.78, 5) is 27.8. The molecular weight excluding hydrogens is 690 g/mol. The first-order chi connectivity index (χ1) is 20.3. The van der Waals surface area contributed by atoms with Crippen molar-refractivity contribution in [1.29, 1.82) is 0 Å². The monoisotopic (exact) mass is 716 g/mol. The van der Waals surface area contributed by atoms with E-state index in [1.807, 2.05) is 42.5 Å². The molecule has 6 rings (SSSR count). The lowest BCUT2D eigenvalue weighted by atomic mass is 9.57. The average Bonchev–Trinajstić information content (AvgIpc) is 3.25. The van der Waals surface area contributed by atoms with Crippen LogP contribution >= 0.6 is 45.8 Å². The van der Waals surface area contributed by atoms with E-state index in [1.54, 1.807) is 36.4 Å². The second kappa shape index (κ2) is 11.9. The first-order valence-corrected chi connectivity index (χ1v) is 15.4. The van der Waals surface area contributed by atoms with Crippen LogP contribution in [-0.2, 0) is 15.0 Å². The van der Waals surface area contributed by atoms with Gasteiger partial charge in [0, 0.05) is 31.3 Å². The number of hydrogen-bond donors (Lipinski definition) is 3. The zero-order valence-electron chi connectivity index (χ0n) is 22.3. The van der Waals surface area contributed by atoms with E-state index in [2.05, 4.69) is 33.2 Å². The first-order valence-electron chi connectivity index (χ1n) is 13.5. The number of carbonyl (C=O) groups excluding carboxylic acids is 2. The van der Waals surface area contributed by atoms with Crippen LogP contribution in [0, 0.1) is 15.4 Å². The number of benzene rings is 3. The molecule has 1 saturated heterocycles. The number of ether oxygens (including phenoxy) is 2. The number of carbonyl (C=O) groups is 2. The summed E-state index contributed by atoms with van der Waals surface area (Å²) in [5.41, 5.74) is 0.926. The fourth-order valence-electron chi connectivity index (χ4n) is 6.38. The average molecular weight is 717 g/mol. The fourth-order valence-corrected chi connectivity index (χ4v) is 7.31. The van der Waals surface area contributed by atoms with E-state index in [-0.39, 0.29) is 37.4 Å². The molecule has 3 N–H and O–H groups in total. The first kappa shape index (κ1) is 29.0. The van der Waals surface area contributed by atoms with Gasteiger partial charge in [-0.1, -0.05) is 41.4 Å². The summed E-state index contributed by atoms with van der Waals surface area (Å²) in [6.07, 6.45) is 6.47. The summed E-state index contributed by atoms with van der Waals surface area (Å²) >= 11 is 15.1. The van der Waals surface area contributed by atoms with Gasteiger partial charge in [0.25, 0.3) is 0 Å². The van der Waals surface area contributed by atoms with Crippen molar-refractivity contribution in [2.45, 2.75) is 24.3 Å². The van der Waals surface area contributed by atoms with E-state index >= 15 is 0 Å². The molecule has 1 fully saturated rings. The molecule has 216 valence electrons. The third-order valence-electron chi connectivity index (χ3n) is 8.08. The molecule has 2 amide bonds. The second-order valence-electron chi connectivity index (χ2n) is 10.5. The van der Waals surface area contributed by atoms with E-state index in [1.165, 1.54) is 0 Å². The Morgan fingerprint density at radius 3 is 2.55 bits per heavy atom. The lowest BCUT2D eigenvalue weighted by molar-refractivity contribution is -0.135. The summed E-state index contributed by atoms with van der Waals surface area (Å²) in [6, 6.07) is 17.5. The molecule has 1 aliphatic carbocycles. The molecular formula is C32H27Cl2IN2O5. The maximum absolute atomic E-state index is 14.4. The van der Waals surface area contributed by atoms with Gasteiger partial charge < -0.3 is 25.2 Å². The van der Waals surface area contributed by atoms with Crippen molar-refractivity contribution in [3.63, 3.8) is 0 Å². The SMILES string of the molecule is O=C1CC([C@@H]2C=CC=C(Cl)C2)[C@]2(C(=O)Nc3cc(Cl)ccc32)[C@@H](c2cc(I)ccc2Oc2ccc(OCCO)cc2)N1. The number of aliphatic hydroxyl groups is 1. The standard InChI is InChI=1S/C32H27Cl2IN2O5/c33-19-3-1-2-18(14-19)26-17-29(39)37-30(32(26)25-10-4-20(34)15-27(25)36-31(32)40)24-16-21(35)5-11-28(24)42-23-8-6-22(7-9-23)41-13-12-38/h1-11,15-16,18,26,30,38H,12-14,17H2,(H,36,40)(H,37,39)/t18-,26?,30-,32+/m1/s1. The molecule has 0 bridgehead atoms. The van der Waals surface area contributed by atoms with Gasteiger partial charge >= 0.3 is 0 Å². The summed E-state index contributed by atoms with van der Waals surface area (Å²) in [6.45, 7) is 0.111. The Bertz CT molecular complexity index is 1610. The fraction of sp³-hybridized carbons (Fsp3) is 0.250. The highest BCUT2D eigenvalue weighted by molar-refractivity contribution is 14.1. The Hall–Kier alpha value is -3.05. The molecule has 3 aliphatic rings. The molecule has 2 heterocycles. The van der Waals surface area contributed by atoms with Crippen LogP contribution in [0.3, 0.4) is 0 Å². The summed E-state index contributed by atoms with van der Waals surface area (Å²) < 4.78 is 12.8. The highest BCUT2D eigenvalue weighted by atomic mass is 127. The molecule has 1 spiro atoms. The number of amides is 2. The minimum atomic E-state index is -1.16. The normalized spacial score (nSPS) is 24.6. The van der Waals surface area contributed by atoms with Crippen molar-refractivity contribution < 1.29 is 24.2 Å². The molecule has 1 unspecified atom stereocenters. The quantitative estimate of drug-likeness (QED) is 0.232. The molecule has 3 aromatic carbocycles. The molecule has 3 aromatic rings. The largest absolute Gasteiger partial charge is 0.491 e. The highest BCUT2D eigenvalue weighted by Gasteiger charge is 2.62. The zero-order valence-corrected chi connectivity index (χ0v) is 25.9. The van der Waals surface area contributed by atoms with Crippen LogP contribution in [0.4, 0.5) is 5.69 Å². The van der Waals surface area contributed by atoms with Gasteiger partial charge in [0.05, 0.1) is 12.6 Å². The number of nitrogens with one attached hydrogen (secondary N) is 2. The van der Waals surface area contributed by atoms with E-state index in [0.717, 1.165) is 9.13 Å². The molecule has 0 saturated carbocycles. The molecule has 0 aromatic heterocycles. The molecule has 2 aliphatic heterocycles.